The number of carbonyl (C=O) groups is 1. The highest BCUT2D eigenvalue weighted by molar-refractivity contribution is 14.1. The van der Waals surface area contributed by atoms with E-state index in [-0.39, 0.29) is 6.10 Å². The van der Waals surface area contributed by atoms with Crippen molar-refractivity contribution in [3.05, 3.63) is 33.4 Å². The van der Waals surface area contributed by atoms with Crippen LogP contribution in [0.5, 0.6) is 0 Å². The summed E-state index contributed by atoms with van der Waals surface area (Å²) in [6.45, 7) is 0.641. The second-order valence-corrected chi connectivity index (χ2v) is 4.86. The van der Waals surface area contributed by atoms with E-state index < -0.39 is 6.09 Å². The van der Waals surface area contributed by atoms with Crippen LogP contribution in [0.15, 0.2) is 24.3 Å². The molecule has 0 unspecified atom stereocenters. The van der Waals surface area contributed by atoms with Gasteiger partial charge in [-0.2, -0.15) is 0 Å². The first-order valence-corrected chi connectivity index (χ1v) is 6.42. The fourth-order valence-electron chi connectivity index (χ4n) is 1.55. The zero-order valence-electron chi connectivity index (χ0n) is 9.69. The predicted molar refractivity (Wildman–Crippen MR) is 73.7 cm³/mol. The van der Waals surface area contributed by atoms with Crippen molar-refractivity contribution in [2.75, 3.05) is 13.7 Å². The van der Waals surface area contributed by atoms with Gasteiger partial charge in [0.2, 0.25) is 0 Å². The lowest BCUT2D eigenvalue weighted by atomic mass is 10.1. The number of rotatable bonds is 6. The van der Waals surface area contributed by atoms with Crippen LogP contribution < -0.4 is 5.73 Å². The molecule has 0 saturated carbocycles. The van der Waals surface area contributed by atoms with Crippen molar-refractivity contribution in [1.29, 1.82) is 0 Å². The van der Waals surface area contributed by atoms with Crippen LogP contribution in [-0.4, -0.2) is 19.8 Å². The topological polar surface area (TPSA) is 61.6 Å². The van der Waals surface area contributed by atoms with E-state index in [2.05, 4.69) is 22.6 Å². The van der Waals surface area contributed by atoms with Gasteiger partial charge >= 0.3 is 6.09 Å². The largest absolute Gasteiger partial charge is 0.442 e. The van der Waals surface area contributed by atoms with Gasteiger partial charge in [-0.3, -0.25) is 0 Å². The van der Waals surface area contributed by atoms with E-state index in [1.165, 1.54) is 0 Å². The highest BCUT2D eigenvalue weighted by atomic mass is 127. The van der Waals surface area contributed by atoms with Gasteiger partial charge in [-0.15, -0.1) is 0 Å². The number of hydrogen-bond acceptors (Lipinski definition) is 3. The maximum atomic E-state index is 10.9. The average Bonchev–Trinajstić information content (AvgIpc) is 2.27. The smallest absolute Gasteiger partial charge is 0.405 e. The van der Waals surface area contributed by atoms with Crippen LogP contribution in [0, 0.1) is 3.57 Å². The molecule has 0 radical (unpaired) electrons. The van der Waals surface area contributed by atoms with Crippen LogP contribution in [0.3, 0.4) is 0 Å². The first-order valence-electron chi connectivity index (χ1n) is 5.34. The molecule has 94 valence electrons. The lowest BCUT2D eigenvalue weighted by Gasteiger charge is -2.17. The molecule has 0 aliphatic heterocycles. The Labute approximate surface area is 115 Å². The van der Waals surface area contributed by atoms with Crippen molar-refractivity contribution in [1.82, 2.24) is 0 Å². The lowest BCUT2D eigenvalue weighted by molar-refractivity contribution is 0.0917. The van der Waals surface area contributed by atoms with Gasteiger partial charge in [0.05, 0.1) is 0 Å². The second-order valence-electron chi connectivity index (χ2n) is 3.62. The normalized spacial score (nSPS) is 12.1. The Morgan fingerprint density at radius 3 is 2.88 bits per heavy atom. The van der Waals surface area contributed by atoms with Crippen molar-refractivity contribution >= 4 is 28.7 Å². The summed E-state index contributed by atoms with van der Waals surface area (Å²) in [5.41, 5.74) is 6.04. The summed E-state index contributed by atoms with van der Waals surface area (Å²) < 4.78 is 11.2. The van der Waals surface area contributed by atoms with E-state index in [1.54, 1.807) is 7.11 Å². The van der Waals surface area contributed by atoms with Gasteiger partial charge in [-0.05, 0) is 53.1 Å². The minimum Gasteiger partial charge on any atom is -0.442 e. The Morgan fingerprint density at radius 2 is 2.29 bits per heavy atom. The monoisotopic (exact) mass is 349 g/mol. The number of halogens is 1. The van der Waals surface area contributed by atoms with Gasteiger partial charge < -0.3 is 15.2 Å². The third-order valence-electron chi connectivity index (χ3n) is 2.29. The summed E-state index contributed by atoms with van der Waals surface area (Å²) in [6, 6.07) is 7.84. The fraction of sp³-hybridized carbons (Fsp3) is 0.417. The fourth-order valence-corrected chi connectivity index (χ4v) is 2.12. The van der Waals surface area contributed by atoms with Crippen molar-refractivity contribution in [2.45, 2.75) is 18.9 Å². The summed E-state index contributed by atoms with van der Waals surface area (Å²) >= 11 is 2.22. The van der Waals surface area contributed by atoms with E-state index in [0.717, 1.165) is 15.6 Å². The van der Waals surface area contributed by atoms with Crippen LogP contribution >= 0.6 is 22.6 Å². The van der Waals surface area contributed by atoms with E-state index in [4.69, 9.17) is 15.2 Å². The zero-order valence-corrected chi connectivity index (χ0v) is 11.8. The number of ether oxygens (including phenoxy) is 2. The van der Waals surface area contributed by atoms with Gasteiger partial charge in [-0.1, -0.05) is 12.1 Å². The molecule has 0 bridgehead atoms. The van der Waals surface area contributed by atoms with Crippen LogP contribution in [0.1, 0.15) is 24.5 Å². The van der Waals surface area contributed by atoms with E-state index >= 15 is 0 Å². The van der Waals surface area contributed by atoms with Crippen molar-refractivity contribution in [3.63, 3.8) is 0 Å². The number of benzene rings is 1. The molecule has 1 atom stereocenters. The molecule has 0 heterocycles. The summed E-state index contributed by atoms with van der Waals surface area (Å²) in [6.07, 6.45) is 0.486. The van der Waals surface area contributed by atoms with Crippen LogP contribution in [-0.2, 0) is 9.47 Å². The lowest BCUT2D eigenvalue weighted by Crippen LogP contribution is -2.18. The highest BCUT2D eigenvalue weighted by Gasteiger charge is 2.15. The van der Waals surface area contributed by atoms with Gasteiger partial charge in [0, 0.05) is 17.3 Å². The summed E-state index contributed by atoms with van der Waals surface area (Å²) in [5.74, 6) is 0. The molecule has 0 saturated heterocycles. The zero-order chi connectivity index (χ0) is 12.7. The Kier molecular flexibility index (Phi) is 6.28. The quantitative estimate of drug-likeness (QED) is 0.635. The molecule has 5 heteroatoms. The van der Waals surface area contributed by atoms with Crippen molar-refractivity contribution < 1.29 is 14.3 Å². The molecule has 0 spiro atoms. The van der Waals surface area contributed by atoms with Gasteiger partial charge in [0.25, 0.3) is 0 Å². The van der Waals surface area contributed by atoms with Crippen LogP contribution in [0.4, 0.5) is 4.79 Å². The van der Waals surface area contributed by atoms with Gasteiger partial charge in [-0.25, -0.2) is 4.79 Å². The molecule has 0 aromatic heterocycles. The molecule has 17 heavy (non-hydrogen) atoms. The Morgan fingerprint density at radius 1 is 1.53 bits per heavy atom. The number of hydrogen-bond donors (Lipinski definition) is 1. The summed E-state index contributed by atoms with van der Waals surface area (Å²) in [7, 11) is 1.65. The molecule has 1 amide bonds. The highest BCUT2D eigenvalue weighted by Crippen LogP contribution is 2.24. The number of amides is 1. The molecule has 1 rings (SSSR count). The molecule has 0 fully saturated rings. The first-order chi connectivity index (χ1) is 8.13. The van der Waals surface area contributed by atoms with E-state index in [1.807, 2.05) is 24.3 Å². The van der Waals surface area contributed by atoms with Crippen molar-refractivity contribution in [2.24, 2.45) is 5.73 Å². The van der Waals surface area contributed by atoms with E-state index in [9.17, 15) is 4.79 Å². The van der Waals surface area contributed by atoms with Crippen LogP contribution in [0.25, 0.3) is 0 Å². The third kappa shape index (κ3) is 5.36. The number of primary amides is 1. The molecule has 4 nitrogen and oxygen atoms in total. The molecule has 1 aromatic rings. The minimum absolute atomic E-state index is 0.294. The number of methoxy groups -OCH3 is 1. The summed E-state index contributed by atoms with van der Waals surface area (Å²) in [4.78, 5) is 10.9. The molecule has 0 aliphatic rings. The number of carbonyl (C=O) groups excluding carboxylic acids is 1. The molecular formula is C12H16INO3. The third-order valence-corrected chi connectivity index (χ3v) is 2.96. The van der Waals surface area contributed by atoms with Gasteiger partial charge in [0.1, 0.15) is 6.10 Å². The summed E-state index contributed by atoms with van der Waals surface area (Å²) in [5, 5.41) is 0. The number of nitrogens with two attached hydrogens (primary N) is 1. The Balaban J connectivity index is 2.70. The molecular weight excluding hydrogens is 333 g/mol. The maximum absolute atomic E-state index is 10.9. The Hall–Kier alpha value is -0.820. The molecule has 2 N–H and O–H groups in total. The minimum atomic E-state index is -0.744. The molecule has 1 aromatic carbocycles. The molecule has 0 aliphatic carbocycles. The SMILES string of the molecule is COCCC[C@H](OC(N)=O)c1cccc(I)c1. The average molecular weight is 349 g/mol. The maximum Gasteiger partial charge on any atom is 0.405 e. The first kappa shape index (κ1) is 14.2. The second kappa shape index (κ2) is 7.50. The van der Waals surface area contributed by atoms with Gasteiger partial charge in [0.15, 0.2) is 0 Å². The van der Waals surface area contributed by atoms with Crippen molar-refractivity contribution in [3.8, 4) is 0 Å². The van der Waals surface area contributed by atoms with E-state index in [0.29, 0.717) is 13.0 Å². The van der Waals surface area contributed by atoms with Crippen LogP contribution in [0.2, 0.25) is 0 Å². The standard InChI is InChI=1S/C12H16INO3/c1-16-7-3-6-11(17-12(14)15)9-4-2-5-10(13)8-9/h2,4-5,8,11H,3,6-7H2,1H3,(H2,14,15)/t11-/m0/s1. The predicted octanol–water partition coefficient (Wildman–Crippen LogP) is 2.85. The Bertz CT molecular complexity index is 371.